The summed E-state index contributed by atoms with van der Waals surface area (Å²) < 4.78 is 61.7. The van der Waals surface area contributed by atoms with Gasteiger partial charge in [0.25, 0.3) is 0 Å². The first-order valence-corrected chi connectivity index (χ1v) is 53.1. The molecular formula is C107H182O16P2. The first kappa shape index (κ1) is 120. The van der Waals surface area contributed by atoms with Crippen LogP contribution >= 0.6 is 15.6 Å². The molecule has 5 unspecified atom stereocenters. The van der Waals surface area contributed by atoms with Gasteiger partial charge in [-0.15, -0.1) is 0 Å². The fraction of sp³-hybridized carbons (Fsp3) is 0.692. The molecule has 4 N–H and O–H groups in total. The van der Waals surface area contributed by atoms with Crippen LogP contribution in [0.3, 0.4) is 0 Å². The zero-order valence-electron chi connectivity index (χ0n) is 79.2. The summed E-state index contributed by atoms with van der Waals surface area (Å²) in [6.45, 7) is 2.41. The third-order valence-corrected chi connectivity index (χ3v) is 23.0. The molecule has 125 heavy (non-hydrogen) atoms. The Morgan fingerprint density at radius 3 is 0.632 bits per heavy atom. The van der Waals surface area contributed by atoms with E-state index in [0.717, 1.165) is 180 Å². The van der Waals surface area contributed by atoms with Gasteiger partial charge in [-0.05, 0) is 154 Å². The maximum absolute atomic E-state index is 13.1. The summed E-state index contributed by atoms with van der Waals surface area (Å²) in [6.07, 6.45) is 129. The van der Waals surface area contributed by atoms with E-state index in [1.54, 1.807) is 0 Å². The van der Waals surface area contributed by atoms with Crippen molar-refractivity contribution in [3.63, 3.8) is 0 Å². The molecule has 0 aliphatic rings. The Labute approximate surface area is 764 Å². The van der Waals surface area contributed by atoms with E-state index < -0.39 is 91.5 Å². The van der Waals surface area contributed by atoms with Crippen LogP contribution in [0.4, 0.5) is 0 Å². The highest BCUT2D eigenvalue weighted by Gasteiger charge is 2.30. The highest BCUT2D eigenvalue weighted by atomic mass is 31.2. The second-order valence-electron chi connectivity index (χ2n) is 33.1. The van der Waals surface area contributed by atoms with Gasteiger partial charge in [0.05, 0.1) is 26.4 Å². The number of phosphoric ester groups is 2. The quantitative estimate of drug-likeness (QED) is 0.0146. The van der Waals surface area contributed by atoms with Gasteiger partial charge in [0.2, 0.25) is 0 Å². The smallest absolute Gasteiger partial charge is 0.463 e. The van der Waals surface area contributed by atoms with Crippen LogP contribution in [0.2, 0.25) is 0 Å². The molecule has 0 saturated carbocycles. The monoisotopic (exact) mass is 1790 g/mol. The fourth-order valence-electron chi connectivity index (χ4n) is 13.7. The van der Waals surface area contributed by atoms with Crippen molar-refractivity contribution < 1.29 is 75.8 Å². The number of carbonyl (C=O) groups excluding carboxylic acids is 3. The van der Waals surface area contributed by atoms with Crippen LogP contribution in [0.25, 0.3) is 0 Å². The number of ether oxygens (including phenoxy) is 3. The number of phosphoric acid groups is 2. The third kappa shape index (κ3) is 99.1. The second-order valence-corrected chi connectivity index (χ2v) is 36.0. The van der Waals surface area contributed by atoms with Crippen LogP contribution < -0.4 is 0 Å². The molecular weight excluding hydrogens is 1600 g/mol. The molecule has 0 bridgehead atoms. The molecule has 0 aliphatic heterocycles. The van der Waals surface area contributed by atoms with Crippen molar-refractivity contribution in [2.75, 3.05) is 39.6 Å². The maximum atomic E-state index is 13.1. The van der Waals surface area contributed by atoms with E-state index in [9.17, 15) is 43.5 Å². The normalized spacial score (nSPS) is 14.5. The van der Waals surface area contributed by atoms with Crippen molar-refractivity contribution in [1.29, 1.82) is 0 Å². The highest BCUT2D eigenvalue weighted by molar-refractivity contribution is 7.47. The minimum absolute atomic E-state index is 0.0988. The van der Waals surface area contributed by atoms with Gasteiger partial charge in [-0.2, -0.15) is 0 Å². The molecule has 0 heterocycles. The summed E-state index contributed by atoms with van der Waals surface area (Å²) in [7, 11) is -9.82. The minimum atomic E-state index is -4.95. The molecule has 0 aliphatic carbocycles. The minimum Gasteiger partial charge on any atom is -0.463 e. The summed E-state index contributed by atoms with van der Waals surface area (Å²) in [5.41, 5.74) is 0. The van der Waals surface area contributed by atoms with Crippen molar-refractivity contribution in [2.45, 2.75) is 437 Å². The van der Waals surface area contributed by atoms with E-state index in [0.29, 0.717) is 19.3 Å². The van der Waals surface area contributed by atoms with Crippen LogP contribution in [0.5, 0.6) is 0 Å². The predicted octanol–water partition coefficient (Wildman–Crippen LogP) is 31.6. The summed E-state index contributed by atoms with van der Waals surface area (Å²) >= 11 is 0. The Hall–Kier alpha value is -5.35. The third-order valence-electron chi connectivity index (χ3n) is 21.1. The first-order chi connectivity index (χ1) is 61.2. The molecule has 0 aromatic heterocycles. The lowest BCUT2D eigenvalue weighted by molar-refractivity contribution is -0.161. The highest BCUT2D eigenvalue weighted by Crippen LogP contribution is 2.45. The van der Waals surface area contributed by atoms with E-state index >= 15 is 0 Å². The number of aliphatic hydroxyl groups is 2. The van der Waals surface area contributed by atoms with Crippen LogP contribution in [-0.4, -0.2) is 95.9 Å². The van der Waals surface area contributed by atoms with Gasteiger partial charge in [-0.1, -0.05) is 428 Å². The first-order valence-electron chi connectivity index (χ1n) is 50.1. The summed E-state index contributed by atoms with van der Waals surface area (Å²) in [4.78, 5) is 59.2. The molecule has 0 saturated heterocycles. The molecule has 716 valence electrons. The fourth-order valence-corrected chi connectivity index (χ4v) is 15.2. The van der Waals surface area contributed by atoms with Crippen molar-refractivity contribution in [1.82, 2.24) is 0 Å². The van der Waals surface area contributed by atoms with E-state index in [2.05, 4.69) is 203 Å². The Morgan fingerprint density at radius 1 is 0.224 bits per heavy atom. The Kier molecular flexibility index (Phi) is 93.5. The van der Waals surface area contributed by atoms with Gasteiger partial charge in [0.15, 0.2) is 6.10 Å². The lowest BCUT2D eigenvalue weighted by Gasteiger charge is -2.21. The van der Waals surface area contributed by atoms with Crippen molar-refractivity contribution in [3.05, 3.63) is 182 Å². The molecule has 5 atom stereocenters. The van der Waals surface area contributed by atoms with Crippen LogP contribution in [-0.2, 0) is 55.8 Å². The number of carbonyl (C=O) groups is 3. The molecule has 0 rings (SSSR count). The van der Waals surface area contributed by atoms with E-state index in [1.807, 2.05) is 0 Å². The average Bonchev–Trinajstić information content (AvgIpc) is 0.898. The van der Waals surface area contributed by atoms with Gasteiger partial charge in [-0.3, -0.25) is 32.5 Å². The SMILES string of the molecule is CC/C=C\C/C=C\C/C=C\C/C=C\C/C=C\CCCCCCCCCCCCCCCCCC(=O)OCC(O)COP(=O)(O)OCC(O)COP(=O)(O)OCC(COC(=O)CCCCCCCCCCCCCCC/C=C\C/C=C\C/C=C\C/C=C\C/C=C\CC)OC(=O)CCCCCCCCCCCCCCC/C=C\C/C=C\C/C=C\C/C=C\C/C=C\CC. The van der Waals surface area contributed by atoms with E-state index in [1.165, 1.54) is 180 Å². The Bertz CT molecular complexity index is 3000. The number of rotatable bonds is 94. The molecule has 0 radical (unpaired) electrons. The lowest BCUT2D eigenvalue weighted by Crippen LogP contribution is -2.30. The number of unbranched alkanes of at least 4 members (excludes halogenated alkanes) is 41. The van der Waals surface area contributed by atoms with Gasteiger partial charge in [-0.25, -0.2) is 9.13 Å². The predicted molar refractivity (Wildman–Crippen MR) is 528 cm³/mol. The van der Waals surface area contributed by atoms with Gasteiger partial charge < -0.3 is 34.2 Å². The molecule has 0 aromatic rings. The largest absolute Gasteiger partial charge is 0.472 e. The zero-order valence-corrected chi connectivity index (χ0v) is 81.0. The van der Waals surface area contributed by atoms with E-state index in [4.69, 9.17) is 32.3 Å². The number of esters is 3. The van der Waals surface area contributed by atoms with Crippen molar-refractivity contribution in [2.24, 2.45) is 0 Å². The summed E-state index contributed by atoms with van der Waals surface area (Å²) in [5.74, 6) is -1.56. The Morgan fingerprint density at radius 2 is 0.400 bits per heavy atom. The topological polar surface area (TPSA) is 231 Å². The number of allylic oxidation sites excluding steroid dienone is 30. The van der Waals surface area contributed by atoms with Gasteiger partial charge in [0.1, 0.15) is 25.4 Å². The molecule has 0 spiro atoms. The average molecular weight is 1790 g/mol. The molecule has 18 heteroatoms. The number of aliphatic hydroxyl groups excluding tert-OH is 2. The lowest BCUT2D eigenvalue weighted by atomic mass is 10.0. The van der Waals surface area contributed by atoms with Crippen molar-refractivity contribution >= 4 is 33.6 Å². The number of hydrogen-bond donors (Lipinski definition) is 4. The molecule has 0 fully saturated rings. The standard InChI is InChI=1S/C107H182O16P2/c1-4-7-10-13-16-19-22-25-28-31-34-37-40-43-46-49-50-53-55-57-60-63-66-69-72-75-78-81-84-87-90-93-105(110)117-96-102(108)97-119-124(113,114)120-98-103(109)99-121-125(115,116)122-101-104(123-107(112)95-92-89-86-83-80-77-74-71-68-65-62-59-56-52-48-45-42-39-36-33-30-27-24-21-18-15-12-9-6-3)100-118-106(111)94-91-88-85-82-79-76-73-70-67-64-61-58-54-51-47-44-41-38-35-32-29-26-23-20-17-14-11-8-5-2/h7-12,16-21,25-30,34-39,43-48,102-104,108-109H,4-6,13-15,22-24,31-33,40-42,49-101H2,1-3H3,(H,113,114)(H,115,116)/b10-7-,11-8-,12-9-,19-16-,20-17-,21-18-,28-25-,29-26-,30-27-,37-34-,38-35-,39-36-,46-43-,47-44-,48-45-. The second kappa shape index (κ2) is 97.7. The van der Waals surface area contributed by atoms with E-state index in [-0.39, 0.29) is 19.3 Å². The van der Waals surface area contributed by atoms with Crippen LogP contribution in [0.15, 0.2) is 182 Å². The Balaban J connectivity index is 4.63. The van der Waals surface area contributed by atoms with Crippen LogP contribution in [0.1, 0.15) is 419 Å². The van der Waals surface area contributed by atoms with Crippen LogP contribution in [0, 0.1) is 0 Å². The summed E-state index contributed by atoms with van der Waals surface area (Å²) in [5, 5.41) is 20.8. The number of hydrogen-bond acceptors (Lipinski definition) is 14. The van der Waals surface area contributed by atoms with Gasteiger partial charge >= 0.3 is 33.6 Å². The molecule has 0 aromatic carbocycles. The molecule has 0 amide bonds. The summed E-state index contributed by atoms with van der Waals surface area (Å²) in [6, 6.07) is 0. The van der Waals surface area contributed by atoms with Crippen molar-refractivity contribution in [3.8, 4) is 0 Å². The van der Waals surface area contributed by atoms with Gasteiger partial charge in [0, 0.05) is 19.3 Å². The maximum Gasteiger partial charge on any atom is 0.472 e. The molecule has 16 nitrogen and oxygen atoms in total. The zero-order chi connectivity index (χ0) is 90.7.